The summed E-state index contributed by atoms with van der Waals surface area (Å²) in [6, 6.07) is 32.7. The van der Waals surface area contributed by atoms with Crippen LogP contribution in [-0.4, -0.2) is 13.9 Å². The number of hydrogen-bond acceptors (Lipinski definition) is 4. The normalized spacial score (nSPS) is 12.9. The van der Waals surface area contributed by atoms with Crippen molar-refractivity contribution in [2.45, 2.75) is 30.0 Å². The summed E-state index contributed by atoms with van der Waals surface area (Å²) in [5, 5.41) is 0. The van der Waals surface area contributed by atoms with Gasteiger partial charge in [0, 0.05) is 24.5 Å². The molecule has 0 N–H and O–H groups in total. The van der Waals surface area contributed by atoms with Crippen LogP contribution in [0.25, 0.3) is 0 Å². The van der Waals surface area contributed by atoms with Gasteiger partial charge in [0.2, 0.25) is 0 Å². The number of alkyl halides is 3. The van der Waals surface area contributed by atoms with Crippen LogP contribution in [-0.2, 0) is 13.7 Å². The molecule has 0 radical (unpaired) electrons. The maximum Gasteiger partial charge on any atom is 0.524 e. The molecule has 0 heterocycles. The summed E-state index contributed by atoms with van der Waals surface area (Å²) >= 11 is 1.49. The van der Waals surface area contributed by atoms with Gasteiger partial charge < -0.3 is 0 Å². The molecule has 4 aromatic carbocycles. The zero-order valence-corrected chi connectivity index (χ0v) is 20.0. The van der Waals surface area contributed by atoms with Crippen molar-refractivity contribution in [3.63, 3.8) is 0 Å². The van der Waals surface area contributed by atoms with E-state index in [0.29, 0.717) is 14.7 Å². The summed E-state index contributed by atoms with van der Waals surface area (Å²) < 4.78 is 70.5. The van der Waals surface area contributed by atoms with E-state index < -0.39 is 25.9 Å². The Bertz CT molecular complexity index is 1290. The van der Waals surface area contributed by atoms with Crippen molar-refractivity contribution in [2.24, 2.45) is 0 Å². The van der Waals surface area contributed by atoms with Gasteiger partial charge in [-0.1, -0.05) is 66.4 Å². The summed E-state index contributed by atoms with van der Waals surface area (Å²) in [6.07, 6.45) is 0. The van der Waals surface area contributed by atoms with Gasteiger partial charge in [0.25, 0.3) is 0 Å². The van der Waals surface area contributed by atoms with Gasteiger partial charge in [0.15, 0.2) is 0 Å². The quantitative estimate of drug-likeness (QED) is 0.232. The van der Waals surface area contributed by atoms with Gasteiger partial charge in [-0.2, -0.15) is 25.2 Å². The first-order valence-electron chi connectivity index (χ1n) is 10.0. The molecule has 0 aliphatic carbocycles. The van der Waals surface area contributed by atoms with Crippen LogP contribution in [0.3, 0.4) is 0 Å². The van der Waals surface area contributed by atoms with Gasteiger partial charge in [-0.15, -0.1) is 0 Å². The molecule has 0 spiro atoms. The lowest BCUT2D eigenvalue weighted by atomic mass is 10.3. The lowest BCUT2D eigenvalue weighted by Crippen LogP contribution is -2.27. The van der Waals surface area contributed by atoms with Crippen LogP contribution in [0, 0.1) is 0 Å². The van der Waals surface area contributed by atoms with Crippen LogP contribution in [0.4, 0.5) is 13.2 Å². The number of rotatable bonds is 7. The van der Waals surface area contributed by atoms with Crippen molar-refractivity contribution in [1.82, 2.24) is 0 Å². The predicted octanol–water partition coefficient (Wildman–Crippen LogP) is 7.90. The van der Waals surface area contributed by atoms with Gasteiger partial charge in [-0.3, -0.25) is 0 Å². The van der Waals surface area contributed by atoms with E-state index in [9.17, 15) is 21.6 Å². The van der Waals surface area contributed by atoms with Crippen LogP contribution in [0.2, 0.25) is 0 Å². The molecule has 0 aliphatic heterocycles. The highest BCUT2D eigenvalue weighted by molar-refractivity contribution is 8.33. The topological polar surface area (TPSA) is 43.4 Å². The van der Waals surface area contributed by atoms with E-state index in [1.807, 2.05) is 30.3 Å². The Morgan fingerprint density at radius 3 is 1.38 bits per heavy atom. The first-order valence-corrected chi connectivity index (χ1v) is 13.8. The molecule has 0 unspecified atom stereocenters. The Morgan fingerprint density at radius 1 is 0.559 bits per heavy atom. The fourth-order valence-corrected chi connectivity index (χ4v) is 8.83. The van der Waals surface area contributed by atoms with Crippen molar-refractivity contribution < 1.29 is 25.2 Å². The minimum absolute atomic E-state index is 0.329. The Morgan fingerprint density at radius 2 is 0.941 bits per heavy atom. The molecule has 0 aliphatic rings. The van der Waals surface area contributed by atoms with Crippen LogP contribution >= 0.6 is 22.1 Å². The molecule has 0 amide bonds. The number of benzene rings is 4. The summed E-state index contributed by atoms with van der Waals surface area (Å²) in [5.41, 5.74) is -5.57. The van der Waals surface area contributed by atoms with E-state index in [1.54, 1.807) is 84.9 Å². The van der Waals surface area contributed by atoms with Crippen LogP contribution in [0.5, 0.6) is 0 Å². The highest BCUT2D eigenvalue weighted by atomic mass is 32.3. The van der Waals surface area contributed by atoms with E-state index in [2.05, 4.69) is 0 Å². The summed E-state index contributed by atoms with van der Waals surface area (Å²) in [7, 11) is -9.21. The van der Waals surface area contributed by atoms with Crippen molar-refractivity contribution in [3.8, 4) is 0 Å². The highest BCUT2D eigenvalue weighted by Crippen LogP contribution is 2.70. The maximum absolute atomic E-state index is 13.5. The van der Waals surface area contributed by atoms with Crippen LogP contribution in [0.1, 0.15) is 0 Å². The molecule has 4 aromatic rings. The second kappa shape index (κ2) is 9.87. The molecule has 9 heteroatoms. The van der Waals surface area contributed by atoms with E-state index in [1.165, 1.54) is 11.8 Å². The standard InChI is InChI=1S/C25H19F3O3S3/c26-25(27,28)34(29,30)31-33(22-12-6-2-7-13-22,23-14-8-3-9-15-23)24-18-16-21(17-19-24)32-20-10-4-1-5-11-20/h1-19H. The Balaban J connectivity index is 1.90. The first kappa shape index (κ1) is 24.4. The first-order chi connectivity index (χ1) is 16.2. The van der Waals surface area contributed by atoms with Crippen molar-refractivity contribution in [3.05, 3.63) is 115 Å². The van der Waals surface area contributed by atoms with E-state index in [0.717, 1.165) is 9.79 Å². The van der Waals surface area contributed by atoms with Crippen molar-refractivity contribution >= 4 is 32.2 Å². The van der Waals surface area contributed by atoms with Gasteiger partial charge in [-0.25, -0.2) is 0 Å². The van der Waals surface area contributed by atoms with E-state index in [4.69, 9.17) is 3.63 Å². The number of hydrogen-bond donors (Lipinski definition) is 0. The minimum atomic E-state index is -5.93. The Kier molecular flexibility index (Phi) is 7.09. The summed E-state index contributed by atoms with van der Waals surface area (Å²) in [5.74, 6) is 0. The zero-order valence-electron chi connectivity index (χ0n) is 17.6. The molecule has 34 heavy (non-hydrogen) atoms. The lowest BCUT2D eigenvalue weighted by Gasteiger charge is -2.39. The molecule has 0 saturated carbocycles. The fraction of sp³-hybridized carbons (Fsp3) is 0.0400. The average Bonchev–Trinajstić information content (AvgIpc) is 2.84. The Hall–Kier alpha value is -2.72. The third-order valence-corrected chi connectivity index (χ3v) is 10.7. The second-order valence-electron chi connectivity index (χ2n) is 7.04. The van der Waals surface area contributed by atoms with Crippen LogP contribution in [0.15, 0.2) is 140 Å². The molecule has 3 nitrogen and oxygen atoms in total. The largest absolute Gasteiger partial charge is 0.524 e. The molecule has 0 aromatic heterocycles. The highest BCUT2D eigenvalue weighted by Gasteiger charge is 2.52. The van der Waals surface area contributed by atoms with Crippen LogP contribution < -0.4 is 0 Å². The summed E-state index contributed by atoms with van der Waals surface area (Å²) in [6.45, 7) is 0. The average molecular weight is 521 g/mol. The van der Waals surface area contributed by atoms with Gasteiger partial charge in [-0.05, 0) is 71.0 Å². The number of halogens is 3. The fourth-order valence-electron chi connectivity index (χ4n) is 3.25. The Labute approximate surface area is 202 Å². The maximum atomic E-state index is 13.5. The van der Waals surface area contributed by atoms with Gasteiger partial charge in [0.05, 0.1) is 0 Å². The monoisotopic (exact) mass is 520 g/mol. The molecule has 0 atom stereocenters. The van der Waals surface area contributed by atoms with Gasteiger partial charge >= 0.3 is 15.6 Å². The third kappa shape index (κ3) is 5.02. The summed E-state index contributed by atoms with van der Waals surface area (Å²) in [4.78, 5) is 2.84. The molecule has 0 bridgehead atoms. The second-order valence-corrected chi connectivity index (χ2v) is 12.6. The van der Waals surface area contributed by atoms with Crippen molar-refractivity contribution in [1.29, 1.82) is 0 Å². The SMILES string of the molecule is O=S(=O)(OS(c1ccccc1)(c1ccccc1)c1ccc(Sc2ccccc2)cc1)C(F)(F)F. The van der Waals surface area contributed by atoms with E-state index >= 15 is 0 Å². The predicted molar refractivity (Wildman–Crippen MR) is 128 cm³/mol. The van der Waals surface area contributed by atoms with Gasteiger partial charge in [0.1, 0.15) is 0 Å². The zero-order chi connectivity index (χ0) is 24.2. The smallest absolute Gasteiger partial charge is 0.200 e. The molecule has 0 saturated heterocycles. The minimum Gasteiger partial charge on any atom is -0.200 e. The lowest BCUT2D eigenvalue weighted by molar-refractivity contribution is -0.0496. The van der Waals surface area contributed by atoms with Crippen molar-refractivity contribution in [2.75, 3.05) is 0 Å². The molecule has 4 rings (SSSR count). The van der Waals surface area contributed by atoms with E-state index in [-0.39, 0.29) is 0 Å². The third-order valence-electron chi connectivity index (χ3n) is 4.76. The molecular weight excluding hydrogens is 501 g/mol. The molecular formula is C25H19F3O3S3. The molecule has 176 valence electrons. The molecule has 0 fully saturated rings.